The average molecular weight is 418 g/mol. The summed E-state index contributed by atoms with van der Waals surface area (Å²) in [4.78, 5) is 8.76. The van der Waals surface area contributed by atoms with E-state index in [4.69, 9.17) is 0 Å². The number of pyridine rings is 1. The van der Waals surface area contributed by atoms with Crippen molar-refractivity contribution in [2.45, 2.75) is 11.6 Å². The molecule has 4 heteroatoms. The van der Waals surface area contributed by atoms with Gasteiger partial charge in [-0.15, -0.1) is 0 Å². The van der Waals surface area contributed by atoms with Gasteiger partial charge in [-0.05, 0) is 22.8 Å². The van der Waals surface area contributed by atoms with Crippen molar-refractivity contribution >= 4 is 0 Å². The van der Waals surface area contributed by atoms with E-state index in [9.17, 15) is 5.11 Å². The Hall–Kier alpha value is -4.02. The highest BCUT2D eigenvalue weighted by Crippen LogP contribution is 2.41. The standard InChI is InChI=1S/C28H23N3O/c32-27(22-11-10-18-29-19-22)26-20-31(21-30-26)28(23-12-4-1-5-13-23,24-14-6-2-7-15-24)25-16-8-3-9-17-25/h1-21,27,32H. The molecular weight excluding hydrogens is 394 g/mol. The van der Waals surface area contributed by atoms with Gasteiger partial charge in [0.1, 0.15) is 11.6 Å². The molecule has 0 aliphatic heterocycles. The molecule has 0 spiro atoms. The number of benzene rings is 3. The Bertz CT molecular complexity index is 1170. The summed E-state index contributed by atoms with van der Waals surface area (Å²) in [6.45, 7) is 0. The third-order valence-corrected chi connectivity index (χ3v) is 5.84. The molecule has 0 fully saturated rings. The van der Waals surface area contributed by atoms with Gasteiger partial charge in [0.15, 0.2) is 0 Å². The molecule has 5 rings (SSSR count). The van der Waals surface area contributed by atoms with E-state index in [0.29, 0.717) is 11.3 Å². The molecule has 3 aromatic carbocycles. The maximum Gasteiger partial charge on any atom is 0.124 e. The number of nitrogens with zero attached hydrogens (tertiary/aromatic N) is 3. The lowest BCUT2D eigenvalue weighted by molar-refractivity contribution is 0.215. The van der Waals surface area contributed by atoms with Crippen molar-refractivity contribution in [3.63, 3.8) is 0 Å². The normalized spacial score (nSPS) is 12.4. The van der Waals surface area contributed by atoms with Crippen LogP contribution < -0.4 is 0 Å². The summed E-state index contributed by atoms with van der Waals surface area (Å²) in [5.74, 6) is 0. The van der Waals surface area contributed by atoms with Gasteiger partial charge in [-0.1, -0.05) is 97.1 Å². The Morgan fingerprint density at radius 1 is 0.688 bits per heavy atom. The average Bonchev–Trinajstić information content (AvgIpc) is 3.37. The Labute approximate surface area is 187 Å². The van der Waals surface area contributed by atoms with Crippen LogP contribution in [0.4, 0.5) is 0 Å². The fraction of sp³-hybridized carbons (Fsp3) is 0.0714. The molecule has 32 heavy (non-hydrogen) atoms. The number of rotatable bonds is 6. The minimum atomic E-state index is -0.857. The predicted octanol–water partition coefficient (Wildman–Crippen LogP) is 5.20. The van der Waals surface area contributed by atoms with Crippen LogP contribution in [0.25, 0.3) is 0 Å². The van der Waals surface area contributed by atoms with Crippen LogP contribution >= 0.6 is 0 Å². The van der Waals surface area contributed by atoms with Gasteiger partial charge in [0, 0.05) is 24.2 Å². The number of aliphatic hydroxyl groups excluding tert-OH is 1. The molecule has 0 aliphatic carbocycles. The van der Waals surface area contributed by atoms with Gasteiger partial charge < -0.3 is 9.67 Å². The summed E-state index contributed by atoms with van der Waals surface area (Å²) in [6, 6.07) is 34.9. The number of aromatic nitrogens is 3. The first-order valence-electron chi connectivity index (χ1n) is 10.6. The van der Waals surface area contributed by atoms with Crippen LogP contribution in [0.5, 0.6) is 0 Å². The highest BCUT2D eigenvalue weighted by atomic mass is 16.3. The molecule has 0 amide bonds. The van der Waals surface area contributed by atoms with Crippen LogP contribution in [0.3, 0.4) is 0 Å². The van der Waals surface area contributed by atoms with Gasteiger partial charge in [-0.3, -0.25) is 4.98 Å². The zero-order valence-electron chi connectivity index (χ0n) is 17.5. The van der Waals surface area contributed by atoms with Crippen molar-refractivity contribution in [3.8, 4) is 0 Å². The van der Waals surface area contributed by atoms with Crippen LogP contribution in [0.15, 0.2) is 128 Å². The molecule has 4 nitrogen and oxygen atoms in total. The van der Waals surface area contributed by atoms with Crippen LogP contribution in [0.1, 0.15) is 34.1 Å². The molecule has 0 bridgehead atoms. The molecule has 1 atom stereocenters. The van der Waals surface area contributed by atoms with Gasteiger partial charge in [-0.25, -0.2) is 4.98 Å². The molecule has 0 aliphatic rings. The highest BCUT2D eigenvalue weighted by Gasteiger charge is 2.38. The van der Waals surface area contributed by atoms with Crippen molar-refractivity contribution in [1.82, 2.24) is 14.5 Å². The minimum Gasteiger partial charge on any atom is -0.382 e. The van der Waals surface area contributed by atoms with Crippen LogP contribution in [0, 0.1) is 0 Å². The largest absolute Gasteiger partial charge is 0.382 e. The Morgan fingerprint density at radius 3 is 1.69 bits per heavy atom. The topological polar surface area (TPSA) is 50.9 Å². The van der Waals surface area contributed by atoms with Crippen molar-refractivity contribution in [2.75, 3.05) is 0 Å². The fourth-order valence-corrected chi connectivity index (χ4v) is 4.36. The number of hydrogen-bond donors (Lipinski definition) is 1. The lowest BCUT2D eigenvalue weighted by Gasteiger charge is -2.37. The SMILES string of the molecule is OC(c1cccnc1)c1cn(C(c2ccccc2)(c2ccccc2)c2ccccc2)cn1. The van der Waals surface area contributed by atoms with Crippen LogP contribution in [-0.4, -0.2) is 19.6 Å². The Kier molecular flexibility index (Phi) is 5.36. The minimum absolute atomic E-state index is 0.574. The lowest BCUT2D eigenvalue weighted by atomic mass is 9.77. The molecule has 156 valence electrons. The van der Waals surface area contributed by atoms with E-state index in [1.54, 1.807) is 12.4 Å². The van der Waals surface area contributed by atoms with Crippen molar-refractivity contribution in [1.29, 1.82) is 0 Å². The molecule has 0 saturated carbocycles. The summed E-state index contributed by atoms with van der Waals surface area (Å²) in [6.07, 6.45) is 6.25. The lowest BCUT2D eigenvalue weighted by Crippen LogP contribution is -2.37. The number of aliphatic hydroxyl groups is 1. The van der Waals surface area contributed by atoms with E-state index in [1.807, 2.05) is 42.9 Å². The third-order valence-electron chi connectivity index (χ3n) is 5.84. The monoisotopic (exact) mass is 417 g/mol. The smallest absolute Gasteiger partial charge is 0.124 e. The molecule has 2 heterocycles. The van der Waals surface area contributed by atoms with Gasteiger partial charge in [0.25, 0.3) is 0 Å². The molecule has 1 unspecified atom stereocenters. The van der Waals surface area contributed by atoms with E-state index in [2.05, 4.69) is 87.3 Å². The van der Waals surface area contributed by atoms with Crippen molar-refractivity contribution in [3.05, 3.63) is 156 Å². The van der Waals surface area contributed by atoms with Crippen molar-refractivity contribution < 1.29 is 5.11 Å². The second kappa shape index (κ2) is 8.61. The number of imidazole rings is 1. The summed E-state index contributed by atoms with van der Waals surface area (Å²) in [7, 11) is 0. The molecule has 0 radical (unpaired) electrons. The maximum atomic E-state index is 11.0. The first kappa shape index (κ1) is 19.9. The molecule has 5 aromatic rings. The highest BCUT2D eigenvalue weighted by molar-refractivity contribution is 5.50. The van der Waals surface area contributed by atoms with Gasteiger partial charge >= 0.3 is 0 Å². The van der Waals surface area contributed by atoms with Gasteiger partial charge in [0.2, 0.25) is 0 Å². The summed E-state index contributed by atoms with van der Waals surface area (Å²) < 4.78 is 2.10. The van der Waals surface area contributed by atoms with Crippen LogP contribution in [0.2, 0.25) is 0 Å². The predicted molar refractivity (Wildman–Crippen MR) is 125 cm³/mol. The number of hydrogen-bond acceptors (Lipinski definition) is 3. The van der Waals surface area contributed by atoms with Gasteiger partial charge in [-0.2, -0.15) is 0 Å². The van der Waals surface area contributed by atoms with Crippen LogP contribution in [-0.2, 0) is 5.54 Å². The Balaban J connectivity index is 1.75. The zero-order valence-corrected chi connectivity index (χ0v) is 17.5. The summed E-state index contributed by atoms with van der Waals surface area (Å²) in [5.41, 5.74) is 3.96. The summed E-state index contributed by atoms with van der Waals surface area (Å²) in [5, 5.41) is 11.0. The van der Waals surface area contributed by atoms with E-state index in [0.717, 1.165) is 16.7 Å². The Morgan fingerprint density at radius 2 is 1.22 bits per heavy atom. The third kappa shape index (κ3) is 3.41. The van der Waals surface area contributed by atoms with Gasteiger partial charge in [0.05, 0.1) is 12.0 Å². The molecule has 1 N–H and O–H groups in total. The first-order chi connectivity index (χ1) is 15.8. The maximum absolute atomic E-state index is 11.0. The molecule has 2 aromatic heterocycles. The quantitative estimate of drug-likeness (QED) is 0.386. The van der Waals surface area contributed by atoms with E-state index in [1.165, 1.54) is 0 Å². The molecular formula is C28H23N3O. The van der Waals surface area contributed by atoms with E-state index in [-0.39, 0.29) is 0 Å². The second-order valence-electron chi connectivity index (χ2n) is 7.70. The first-order valence-corrected chi connectivity index (χ1v) is 10.6. The van der Waals surface area contributed by atoms with E-state index >= 15 is 0 Å². The second-order valence-corrected chi connectivity index (χ2v) is 7.70. The van der Waals surface area contributed by atoms with Crippen molar-refractivity contribution in [2.24, 2.45) is 0 Å². The molecule has 0 saturated heterocycles. The fourth-order valence-electron chi connectivity index (χ4n) is 4.36. The van der Waals surface area contributed by atoms with E-state index < -0.39 is 11.6 Å². The summed E-state index contributed by atoms with van der Waals surface area (Å²) >= 11 is 0. The zero-order chi connectivity index (χ0) is 21.8.